The van der Waals surface area contributed by atoms with Gasteiger partial charge in [0.15, 0.2) is 0 Å². The van der Waals surface area contributed by atoms with Crippen LogP contribution < -0.4 is 10.1 Å². The van der Waals surface area contributed by atoms with Crippen LogP contribution in [0.4, 0.5) is 5.95 Å². The van der Waals surface area contributed by atoms with Crippen LogP contribution in [0.15, 0.2) is 30.5 Å². The Morgan fingerprint density at radius 1 is 1.30 bits per heavy atom. The highest BCUT2D eigenvalue weighted by atomic mass is 16.5. The van der Waals surface area contributed by atoms with Crippen molar-refractivity contribution in [1.29, 1.82) is 0 Å². The van der Waals surface area contributed by atoms with E-state index in [9.17, 15) is 0 Å². The fourth-order valence-corrected chi connectivity index (χ4v) is 3.01. The summed E-state index contributed by atoms with van der Waals surface area (Å²) in [7, 11) is 1.62. The molecule has 0 radical (unpaired) electrons. The van der Waals surface area contributed by atoms with Crippen LogP contribution in [-0.4, -0.2) is 41.1 Å². The zero-order valence-corrected chi connectivity index (χ0v) is 14.0. The summed E-state index contributed by atoms with van der Waals surface area (Å²) in [5.74, 6) is 1.23. The minimum atomic E-state index is 0.382. The van der Waals surface area contributed by atoms with Crippen molar-refractivity contribution in [2.45, 2.75) is 32.9 Å². The molecule has 1 saturated heterocycles. The summed E-state index contributed by atoms with van der Waals surface area (Å²) in [5, 5.41) is 3.41. The zero-order valence-electron chi connectivity index (χ0n) is 14.0. The average molecular weight is 312 g/mol. The van der Waals surface area contributed by atoms with Gasteiger partial charge in [0, 0.05) is 37.9 Å². The number of likely N-dealkylation sites (tertiary alicyclic amines) is 1. The van der Waals surface area contributed by atoms with Crippen molar-refractivity contribution in [3.63, 3.8) is 0 Å². The number of hydrogen-bond acceptors (Lipinski definition) is 5. The van der Waals surface area contributed by atoms with Crippen molar-refractivity contribution >= 4 is 5.95 Å². The van der Waals surface area contributed by atoms with Crippen LogP contribution >= 0.6 is 0 Å². The van der Waals surface area contributed by atoms with Gasteiger partial charge in [0.05, 0.1) is 7.11 Å². The quantitative estimate of drug-likeness (QED) is 0.920. The van der Waals surface area contributed by atoms with E-state index in [1.165, 1.54) is 16.7 Å². The molecule has 1 aliphatic rings. The van der Waals surface area contributed by atoms with Gasteiger partial charge in [0.25, 0.3) is 0 Å². The molecule has 0 spiro atoms. The second kappa shape index (κ2) is 6.96. The Kier molecular flexibility index (Phi) is 4.76. The van der Waals surface area contributed by atoms with Gasteiger partial charge in [-0.3, -0.25) is 4.90 Å². The Hall–Kier alpha value is -2.14. The lowest BCUT2D eigenvalue weighted by atomic mass is 10.1. The Balaban J connectivity index is 1.59. The Morgan fingerprint density at radius 3 is 3.00 bits per heavy atom. The fourth-order valence-electron chi connectivity index (χ4n) is 3.01. The Bertz CT molecular complexity index is 674. The molecule has 23 heavy (non-hydrogen) atoms. The van der Waals surface area contributed by atoms with E-state index in [2.05, 4.69) is 52.2 Å². The van der Waals surface area contributed by atoms with E-state index in [1.807, 2.05) is 0 Å². The standard InChI is InChI=1S/C18H24N4O/c1-13-4-5-14(2)15(10-13)11-22-9-7-16(12-22)20-18-19-8-6-17(21-18)23-3/h4-6,8,10,16H,7,9,11-12H2,1-3H3,(H,19,20,21). The summed E-state index contributed by atoms with van der Waals surface area (Å²) in [6.45, 7) is 7.44. The number of aryl methyl sites for hydroxylation is 2. The molecule has 1 aromatic heterocycles. The van der Waals surface area contributed by atoms with Crippen LogP contribution in [0.2, 0.25) is 0 Å². The number of aromatic nitrogens is 2. The van der Waals surface area contributed by atoms with E-state index < -0.39 is 0 Å². The maximum atomic E-state index is 5.14. The lowest BCUT2D eigenvalue weighted by Gasteiger charge is -2.18. The van der Waals surface area contributed by atoms with Gasteiger partial charge >= 0.3 is 0 Å². The summed E-state index contributed by atoms with van der Waals surface area (Å²) in [6, 6.07) is 8.81. The van der Waals surface area contributed by atoms with Gasteiger partial charge in [-0.1, -0.05) is 23.8 Å². The molecule has 2 aromatic rings. The minimum absolute atomic E-state index is 0.382. The van der Waals surface area contributed by atoms with Gasteiger partial charge < -0.3 is 10.1 Å². The molecule has 3 rings (SSSR count). The summed E-state index contributed by atoms with van der Waals surface area (Å²) in [5.41, 5.74) is 4.11. The zero-order chi connectivity index (χ0) is 16.2. The molecule has 1 atom stereocenters. The van der Waals surface area contributed by atoms with Crippen LogP contribution in [0.25, 0.3) is 0 Å². The third-order valence-corrected chi connectivity index (χ3v) is 4.34. The number of hydrogen-bond donors (Lipinski definition) is 1. The number of nitrogens with zero attached hydrogens (tertiary/aromatic N) is 3. The van der Waals surface area contributed by atoms with Crippen LogP contribution in [-0.2, 0) is 6.54 Å². The van der Waals surface area contributed by atoms with Gasteiger partial charge in [-0.2, -0.15) is 4.98 Å². The average Bonchev–Trinajstić information content (AvgIpc) is 2.98. The highest BCUT2D eigenvalue weighted by Gasteiger charge is 2.23. The minimum Gasteiger partial charge on any atom is -0.481 e. The van der Waals surface area contributed by atoms with E-state index in [1.54, 1.807) is 19.4 Å². The van der Waals surface area contributed by atoms with Gasteiger partial charge in [-0.05, 0) is 31.4 Å². The third-order valence-electron chi connectivity index (χ3n) is 4.34. The predicted molar refractivity (Wildman–Crippen MR) is 91.8 cm³/mol. The van der Waals surface area contributed by atoms with Gasteiger partial charge in [-0.25, -0.2) is 4.98 Å². The number of rotatable bonds is 5. The number of benzene rings is 1. The lowest BCUT2D eigenvalue weighted by molar-refractivity contribution is 0.328. The van der Waals surface area contributed by atoms with E-state index >= 15 is 0 Å². The molecule has 0 aliphatic carbocycles. The van der Waals surface area contributed by atoms with E-state index in [0.29, 0.717) is 17.9 Å². The molecule has 1 fully saturated rings. The highest BCUT2D eigenvalue weighted by Crippen LogP contribution is 2.19. The summed E-state index contributed by atoms with van der Waals surface area (Å²) in [4.78, 5) is 11.1. The molecular formula is C18H24N4O. The largest absolute Gasteiger partial charge is 0.481 e. The summed E-state index contributed by atoms with van der Waals surface area (Å²) >= 11 is 0. The molecule has 0 bridgehead atoms. The van der Waals surface area contributed by atoms with Crippen LogP contribution in [0.3, 0.4) is 0 Å². The predicted octanol–water partition coefficient (Wildman–Crippen LogP) is 2.79. The van der Waals surface area contributed by atoms with Crippen LogP contribution in [0.5, 0.6) is 5.88 Å². The normalized spacial score (nSPS) is 18.1. The molecule has 122 valence electrons. The fraction of sp³-hybridized carbons (Fsp3) is 0.444. The first kappa shape index (κ1) is 15.7. The second-order valence-corrected chi connectivity index (χ2v) is 6.22. The first-order valence-electron chi connectivity index (χ1n) is 8.06. The molecule has 0 amide bonds. The number of nitrogens with one attached hydrogen (secondary N) is 1. The smallest absolute Gasteiger partial charge is 0.226 e. The maximum absolute atomic E-state index is 5.14. The molecular weight excluding hydrogens is 288 g/mol. The topological polar surface area (TPSA) is 50.3 Å². The van der Waals surface area contributed by atoms with Gasteiger partial charge in [0.1, 0.15) is 0 Å². The molecule has 0 saturated carbocycles. The number of anilines is 1. The molecule has 1 unspecified atom stereocenters. The Morgan fingerprint density at radius 2 is 2.17 bits per heavy atom. The highest BCUT2D eigenvalue weighted by molar-refractivity contribution is 5.31. The third kappa shape index (κ3) is 3.99. The summed E-state index contributed by atoms with van der Waals surface area (Å²) < 4.78 is 5.14. The van der Waals surface area contributed by atoms with Crippen molar-refractivity contribution < 1.29 is 4.74 Å². The van der Waals surface area contributed by atoms with Crippen LogP contribution in [0.1, 0.15) is 23.1 Å². The van der Waals surface area contributed by atoms with Crippen molar-refractivity contribution in [2.24, 2.45) is 0 Å². The molecule has 1 aromatic carbocycles. The lowest BCUT2D eigenvalue weighted by Crippen LogP contribution is -2.27. The molecule has 1 aliphatic heterocycles. The van der Waals surface area contributed by atoms with Crippen molar-refractivity contribution in [1.82, 2.24) is 14.9 Å². The van der Waals surface area contributed by atoms with Gasteiger partial charge in [-0.15, -0.1) is 0 Å². The first-order chi connectivity index (χ1) is 11.1. The molecule has 5 nitrogen and oxygen atoms in total. The maximum Gasteiger partial charge on any atom is 0.226 e. The van der Waals surface area contributed by atoms with E-state index in [-0.39, 0.29) is 0 Å². The molecule has 5 heteroatoms. The Labute approximate surface area is 137 Å². The van der Waals surface area contributed by atoms with Gasteiger partial charge in [0.2, 0.25) is 11.8 Å². The monoisotopic (exact) mass is 312 g/mol. The van der Waals surface area contributed by atoms with Crippen molar-refractivity contribution in [3.05, 3.63) is 47.2 Å². The van der Waals surface area contributed by atoms with Crippen molar-refractivity contribution in [2.75, 3.05) is 25.5 Å². The SMILES string of the molecule is COc1ccnc(NC2CCN(Cc3cc(C)ccc3C)C2)n1. The van der Waals surface area contributed by atoms with Crippen molar-refractivity contribution in [3.8, 4) is 5.88 Å². The number of methoxy groups -OCH3 is 1. The van der Waals surface area contributed by atoms with Crippen LogP contribution in [0, 0.1) is 13.8 Å². The van der Waals surface area contributed by atoms with E-state index in [0.717, 1.165) is 26.1 Å². The molecule has 2 heterocycles. The first-order valence-corrected chi connectivity index (χ1v) is 8.06. The molecule has 1 N–H and O–H groups in total. The second-order valence-electron chi connectivity index (χ2n) is 6.22. The van der Waals surface area contributed by atoms with E-state index in [4.69, 9.17) is 4.74 Å². The summed E-state index contributed by atoms with van der Waals surface area (Å²) in [6.07, 6.45) is 2.82. The number of ether oxygens (including phenoxy) is 1.